The number of hydrogen-bond acceptors (Lipinski definition) is 8. The lowest BCUT2D eigenvalue weighted by Gasteiger charge is -2.32. The second-order valence-corrected chi connectivity index (χ2v) is 5.08. The molecule has 0 atom stereocenters. The minimum absolute atomic E-state index is 1.77. The van der Waals surface area contributed by atoms with Gasteiger partial charge in [0, 0.05) is 0 Å². The molecule has 0 bridgehead atoms. The van der Waals surface area contributed by atoms with E-state index in [9.17, 15) is 48.1 Å². The van der Waals surface area contributed by atoms with Crippen molar-refractivity contribution < 1.29 is 67.5 Å². The first-order chi connectivity index (χ1) is 9.02. The van der Waals surface area contributed by atoms with Crippen molar-refractivity contribution in [3.05, 3.63) is 0 Å². The van der Waals surface area contributed by atoms with Crippen LogP contribution in [0.15, 0.2) is 0 Å². The van der Waals surface area contributed by atoms with E-state index in [2.05, 4.69) is 9.37 Å². The molecule has 17 heteroatoms. The molecule has 0 saturated carbocycles. The molecule has 128 valence electrons. The monoisotopic (exact) mass is 376 g/mol. The Labute approximate surface area is 113 Å². The highest BCUT2D eigenvalue weighted by Gasteiger charge is 2.72. The van der Waals surface area contributed by atoms with Crippen molar-refractivity contribution in [2.24, 2.45) is 0 Å². The minimum atomic E-state index is -7.24. The standard InChI is InChI=1S/C4H2F8O7S2/c5-1(6,3(9,10)20-19-18-13)17-2(7,8)4(11,12)21(14,15)16/h13H,(H,14,15,16)/p-2. The van der Waals surface area contributed by atoms with Crippen LogP contribution in [-0.2, 0) is 24.2 Å². The topological polar surface area (TPSA) is 108 Å². The summed E-state index contributed by atoms with van der Waals surface area (Å²) >= 11 is -1.90. The van der Waals surface area contributed by atoms with E-state index < -0.39 is 44.9 Å². The zero-order chi connectivity index (χ0) is 17.3. The fourth-order valence-corrected chi connectivity index (χ4v) is 1.12. The Morgan fingerprint density at radius 3 is 1.67 bits per heavy atom. The molecule has 0 aromatic carbocycles. The predicted molar refractivity (Wildman–Crippen MR) is 40.3 cm³/mol. The van der Waals surface area contributed by atoms with Gasteiger partial charge < -0.3 is 9.81 Å². The third kappa shape index (κ3) is 4.27. The van der Waals surface area contributed by atoms with Crippen molar-refractivity contribution in [3.63, 3.8) is 0 Å². The van der Waals surface area contributed by atoms with Crippen LogP contribution in [0, 0.1) is 0 Å². The van der Waals surface area contributed by atoms with Crippen LogP contribution < -0.4 is 5.26 Å². The molecular weight excluding hydrogens is 376 g/mol. The summed E-state index contributed by atoms with van der Waals surface area (Å²) in [5.74, 6) is 0. The summed E-state index contributed by atoms with van der Waals surface area (Å²) in [6.45, 7) is 0. The molecule has 0 aromatic heterocycles. The van der Waals surface area contributed by atoms with E-state index in [1.54, 1.807) is 4.74 Å². The van der Waals surface area contributed by atoms with Gasteiger partial charge in [-0.3, -0.25) is 5.04 Å². The predicted octanol–water partition coefficient (Wildman–Crippen LogP) is 0.791. The van der Waals surface area contributed by atoms with Crippen LogP contribution in [0.5, 0.6) is 0 Å². The summed E-state index contributed by atoms with van der Waals surface area (Å²) in [5.41, 5.74) is 0. The molecule has 0 spiro atoms. The Morgan fingerprint density at radius 1 is 0.905 bits per heavy atom. The van der Waals surface area contributed by atoms with Gasteiger partial charge in [-0.15, -0.1) is 0 Å². The van der Waals surface area contributed by atoms with E-state index >= 15 is 0 Å². The van der Waals surface area contributed by atoms with Crippen molar-refractivity contribution in [1.82, 2.24) is 0 Å². The molecule has 0 aromatic rings. The van der Waals surface area contributed by atoms with E-state index in [4.69, 9.17) is 5.26 Å². The summed E-state index contributed by atoms with van der Waals surface area (Å²) in [4.78, 5) is 0. The first-order valence-corrected chi connectivity index (χ1v) is 5.98. The molecule has 7 nitrogen and oxygen atoms in total. The molecule has 0 unspecified atom stereocenters. The van der Waals surface area contributed by atoms with E-state index in [-0.39, 0.29) is 0 Å². The zero-order valence-corrected chi connectivity index (χ0v) is 10.3. The second-order valence-electron chi connectivity index (χ2n) is 2.84. The lowest BCUT2D eigenvalue weighted by Crippen LogP contribution is -2.55. The molecule has 21 heavy (non-hydrogen) atoms. The highest BCUT2D eigenvalue weighted by Crippen LogP contribution is 2.50. The van der Waals surface area contributed by atoms with Crippen molar-refractivity contribution in [1.29, 1.82) is 0 Å². The smallest absolute Gasteiger partial charge is 0.438 e. The van der Waals surface area contributed by atoms with Crippen LogP contribution >= 0.6 is 12.0 Å². The normalized spacial score (nSPS) is 15.3. The summed E-state index contributed by atoms with van der Waals surface area (Å²) in [6, 6.07) is 0. The fraction of sp³-hybridized carbons (Fsp3) is 1.00. The summed E-state index contributed by atoms with van der Waals surface area (Å²) in [5, 5.41) is -1.38. The number of hydrogen-bond donors (Lipinski definition) is 0. The lowest BCUT2D eigenvalue weighted by atomic mass is 10.6. The molecule has 0 rings (SSSR count). The molecule has 0 aliphatic carbocycles. The van der Waals surface area contributed by atoms with E-state index in [1.165, 1.54) is 0 Å². The average Bonchev–Trinajstić information content (AvgIpc) is 2.22. The zero-order valence-electron chi connectivity index (χ0n) is 8.70. The lowest BCUT2D eigenvalue weighted by molar-refractivity contribution is -0.777. The van der Waals surface area contributed by atoms with Crippen molar-refractivity contribution in [2.75, 3.05) is 0 Å². The SMILES string of the molecule is O=S(=O)([O-])C(F)(F)C(F)(F)OC(F)(F)C(F)(F)SOO[O-]. The summed E-state index contributed by atoms with van der Waals surface area (Å²) < 4.78 is 134. The van der Waals surface area contributed by atoms with Crippen molar-refractivity contribution in [3.8, 4) is 0 Å². The molecule has 0 N–H and O–H groups in total. The highest BCUT2D eigenvalue weighted by atomic mass is 32.2. The molecule has 0 aliphatic heterocycles. The van der Waals surface area contributed by atoms with Crippen LogP contribution in [0.3, 0.4) is 0 Å². The van der Waals surface area contributed by atoms with Crippen LogP contribution in [0.4, 0.5) is 35.1 Å². The van der Waals surface area contributed by atoms with Gasteiger partial charge in [0.25, 0.3) is 0 Å². The molecule has 0 heterocycles. The van der Waals surface area contributed by atoms with Gasteiger partial charge in [0.05, 0.1) is 0 Å². The summed E-state index contributed by atoms with van der Waals surface area (Å²) in [7, 11) is -7.24. The Kier molecular flexibility index (Phi) is 5.84. The van der Waals surface area contributed by atoms with Gasteiger partial charge in [-0.2, -0.15) is 39.5 Å². The van der Waals surface area contributed by atoms with Gasteiger partial charge in [0.1, 0.15) is 12.0 Å². The number of ether oxygens (including phenoxy) is 1. The van der Waals surface area contributed by atoms with Crippen LogP contribution in [0.2, 0.25) is 0 Å². The van der Waals surface area contributed by atoms with Crippen LogP contribution in [0.25, 0.3) is 0 Å². The Hall–Kier alpha value is -0.460. The third-order valence-electron chi connectivity index (χ3n) is 1.41. The Balaban J connectivity index is 5.43. The molecular formula is C4F8O7S2-2. The molecule has 0 amide bonds. The molecule has 0 radical (unpaired) electrons. The molecule has 0 aliphatic rings. The Bertz CT molecular complexity index is 463. The molecule has 0 saturated heterocycles. The summed E-state index contributed by atoms with van der Waals surface area (Å²) in [6.07, 6.45) is -13.3. The molecule has 0 fully saturated rings. The first-order valence-electron chi connectivity index (χ1n) is 3.83. The van der Waals surface area contributed by atoms with Gasteiger partial charge >= 0.3 is 22.7 Å². The fourth-order valence-electron chi connectivity index (χ4n) is 0.530. The third-order valence-corrected chi connectivity index (χ3v) is 2.85. The first kappa shape index (κ1) is 20.5. The highest BCUT2D eigenvalue weighted by molar-refractivity contribution is 7.95. The van der Waals surface area contributed by atoms with Gasteiger partial charge in [-0.25, -0.2) is 13.2 Å². The van der Waals surface area contributed by atoms with Crippen LogP contribution in [0.1, 0.15) is 0 Å². The largest absolute Gasteiger partial charge is 0.743 e. The van der Waals surface area contributed by atoms with Crippen molar-refractivity contribution in [2.45, 2.75) is 22.7 Å². The maximum absolute atomic E-state index is 12.6. The quantitative estimate of drug-likeness (QED) is 0.201. The number of alkyl halides is 8. The average molecular weight is 376 g/mol. The minimum Gasteiger partial charge on any atom is -0.743 e. The second kappa shape index (κ2) is 5.97. The van der Waals surface area contributed by atoms with Gasteiger partial charge in [0.2, 0.25) is 0 Å². The Morgan fingerprint density at radius 2 is 1.33 bits per heavy atom. The van der Waals surface area contributed by atoms with Gasteiger partial charge in [-0.05, 0) is 0 Å². The van der Waals surface area contributed by atoms with Gasteiger partial charge in [0.15, 0.2) is 10.1 Å². The van der Waals surface area contributed by atoms with Crippen molar-refractivity contribution >= 4 is 22.2 Å². The van der Waals surface area contributed by atoms with E-state index in [0.29, 0.717) is 0 Å². The number of halogens is 8. The van der Waals surface area contributed by atoms with E-state index in [0.717, 1.165) is 0 Å². The maximum atomic E-state index is 12.6. The number of rotatable bonds is 8. The van der Waals surface area contributed by atoms with Crippen LogP contribution in [-0.4, -0.2) is 35.7 Å². The maximum Gasteiger partial charge on any atom is 0.438 e. The van der Waals surface area contributed by atoms with E-state index in [1.807, 2.05) is 0 Å². The van der Waals surface area contributed by atoms with Gasteiger partial charge in [-0.1, -0.05) is 0 Å².